The Morgan fingerprint density at radius 2 is 1.78 bits per heavy atom. The summed E-state index contributed by atoms with van der Waals surface area (Å²) in [5.41, 5.74) is 0.811. The van der Waals surface area contributed by atoms with Gasteiger partial charge in [0.1, 0.15) is 11.5 Å². The van der Waals surface area contributed by atoms with Gasteiger partial charge in [0.15, 0.2) is 6.61 Å². The van der Waals surface area contributed by atoms with Gasteiger partial charge in [-0.15, -0.1) is 0 Å². The first-order valence-electron chi connectivity index (χ1n) is 7.86. The van der Waals surface area contributed by atoms with Crippen molar-refractivity contribution >= 4 is 27.6 Å². The molecule has 27 heavy (non-hydrogen) atoms. The lowest BCUT2D eigenvalue weighted by Crippen LogP contribution is -2.26. The summed E-state index contributed by atoms with van der Waals surface area (Å²) in [6.07, 6.45) is 0. The maximum atomic E-state index is 12.8. The van der Waals surface area contributed by atoms with Gasteiger partial charge in [0.2, 0.25) is 10.0 Å². The Morgan fingerprint density at radius 3 is 2.33 bits per heavy atom. The third-order valence-electron chi connectivity index (χ3n) is 3.75. The molecule has 0 aliphatic rings. The van der Waals surface area contributed by atoms with E-state index in [1.807, 2.05) is 0 Å². The Labute approximate surface area is 163 Å². The molecule has 0 aromatic heterocycles. The van der Waals surface area contributed by atoms with Crippen molar-refractivity contribution in [1.29, 1.82) is 0 Å². The van der Waals surface area contributed by atoms with Crippen LogP contribution in [-0.2, 0) is 26.1 Å². The fourth-order valence-electron chi connectivity index (χ4n) is 2.21. The minimum atomic E-state index is -3.76. The van der Waals surface area contributed by atoms with Gasteiger partial charge >= 0.3 is 5.97 Å². The molecule has 0 heterocycles. The minimum absolute atomic E-state index is 0.0222. The van der Waals surface area contributed by atoms with E-state index in [-0.39, 0.29) is 28.8 Å². The highest BCUT2D eigenvalue weighted by Gasteiger charge is 2.22. The van der Waals surface area contributed by atoms with Crippen molar-refractivity contribution in [3.63, 3.8) is 0 Å². The normalized spacial score (nSPS) is 11.3. The first kappa shape index (κ1) is 21.0. The zero-order chi connectivity index (χ0) is 20.0. The number of hydrogen-bond acceptors (Lipinski definition) is 6. The predicted octanol–water partition coefficient (Wildman–Crippen LogP) is 2.72. The summed E-state index contributed by atoms with van der Waals surface area (Å²) in [5.74, 6) is 0.319. The maximum absolute atomic E-state index is 12.8. The molecule has 0 aliphatic carbocycles. The highest BCUT2D eigenvalue weighted by Crippen LogP contribution is 2.29. The quantitative estimate of drug-likeness (QED) is 0.619. The average molecular weight is 414 g/mol. The van der Waals surface area contributed by atoms with E-state index >= 15 is 0 Å². The molecule has 0 fully saturated rings. The van der Waals surface area contributed by atoms with Crippen molar-refractivity contribution in [2.24, 2.45) is 0 Å². The van der Waals surface area contributed by atoms with Crippen molar-refractivity contribution in [3.8, 4) is 11.5 Å². The molecular weight excluding hydrogens is 394 g/mol. The number of nitrogens with zero attached hydrogens (tertiary/aromatic N) is 1. The molecule has 0 saturated carbocycles. The molecule has 0 radical (unpaired) electrons. The first-order valence-corrected chi connectivity index (χ1v) is 9.68. The van der Waals surface area contributed by atoms with Crippen LogP contribution in [0, 0.1) is 0 Å². The summed E-state index contributed by atoms with van der Waals surface area (Å²) in [6.45, 7) is -0.135. The Hall–Kier alpha value is -2.29. The zero-order valence-corrected chi connectivity index (χ0v) is 16.7. The number of benzene rings is 2. The number of sulfonamides is 1. The van der Waals surface area contributed by atoms with Crippen LogP contribution >= 0.6 is 11.6 Å². The van der Waals surface area contributed by atoms with Crippen molar-refractivity contribution < 1.29 is 27.4 Å². The molecule has 0 N–H and O–H groups in total. The largest absolute Gasteiger partial charge is 0.497 e. The average Bonchev–Trinajstić information content (AvgIpc) is 2.67. The fraction of sp³-hybridized carbons (Fsp3) is 0.278. The molecule has 0 amide bonds. The van der Waals surface area contributed by atoms with Gasteiger partial charge in [-0.2, -0.15) is 4.31 Å². The van der Waals surface area contributed by atoms with Crippen LogP contribution in [0.4, 0.5) is 0 Å². The maximum Gasteiger partial charge on any atom is 0.343 e. The molecule has 0 unspecified atom stereocenters. The number of esters is 1. The van der Waals surface area contributed by atoms with E-state index in [9.17, 15) is 13.2 Å². The Bertz CT molecular complexity index is 899. The number of carbonyl (C=O) groups is 1. The number of hydrogen-bond donors (Lipinski definition) is 0. The predicted molar refractivity (Wildman–Crippen MR) is 101 cm³/mol. The molecule has 2 rings (SSSR count). The SMILES string of the molecule is COC(=O)COc1ccc(S(=O)(=O)N(C)Cc2ccc(OC)cc2)cc1Cl. The summed E-state index contributed by atoms with van der Waals surface area (Å²) in [5, 5.41) is 0.0813. The molecule has 0 bridgehead atoms. The number of carbonyl (C=O) groups excluding carboxylic acids is 1. The van der Waals surface area contributed by atoms with Gasteiger partial charge in [0, 0.05) is 13.6 Å². The molecule has 0 atom stereocenters. The molecule has 0 aliphatic heterocycles. The van der Waals surface area contributed by atoms with E-state index in [0.717, 1.165) is 5.56 Å². The number of rotatable bonds is 8. The van der Waals surface area contributed by atoms with Gasteiger partial charge in [-0.3, -0.25) is 0 Å². The lowest BCUT2D eigenvalue weighted by atomic mass is 10.2. The van der Waals surface area contributed by atoms with Crippen molar-refractivity contribution in [1.82, 2.24) is 4.31 Å². The summed E-state index contributed by atoms with van der Waals surface area (Å²) in [4.78, 5) is 11.1. The van der Waals surface area contributed by atoms with E-state index in [4.69, 9.17) is 21.1 Å². The summed E-state index contributed by atoms with van der Waals surface area (Å²) in [6, 6.07) is 11.2. The Morgan fingerprint density at radius 1 is 1.11 bits per heavy atom. The second-order valence-electron chi connectivity index (χ2n) is 5.57. The van der Waals surface area contributed by atoms with E-state index < -0.39 is 16.0 Å². The van der Waals surface area contributed by atoms with E-state index in [2.05, 4.69) is 4.74 Å². The third-order valence-corrected chi connectivity index (χ3v) is 5.84. The van der Waals surface area contributed by atoms with Crippen LogP contribution in [0.1, 0.15) is 5.56 Å². The molecule has 0 saturated heterocycles. The molecule has 146 valence electrons. The van der Waals surface area contributed by atoms with Crippen molar-refractivity contribution in [2.75, 3.05) is 27.9 Å². The van der Waals surface area contributed by atoms with Crippen LogP contribution < -0.4 is 9.47 Å². The third kappa shape index (κ3) is 5.35. The smallest absolute Gasteiger partial charge is 0.343 e. The van der Waals surface area contributed by atoms with Crippen LogP contribution in [0.3, 0.4) is 0 Å². The van der Waals surface area contributed by atoms with Crippen LogP contribution in [0.25, 0.3) is 0 Å². The minimum Gasteiger partial charge on any atom is -0.497 e. The topological polar surface area (TPSA) is 82.1 Å². The van der Waals surface area contributed by atoms with Crippen molar-refractivity contribution in [2.45, 2.75) is 11.4 Å². The highest BCUT2D eigenvalue weighted by atomic mass is 35.5. The van der Waals surface area contributed by atoms with Gasteiger partial charge < -0.3 is 14.2 Å². The summed E-state index contributed by atoms with van der Waals surface area (Å²) in [7, 11) is 0.525. The second kappa shape index (κ2) is 9.07. The second-order valence-corrected chi connectivity index (χ2v) is 8.02. The zero-order valence-electron chi connectivity index (χ0n) is 15.1. The Kier molecular flexibility index (Phi) is 7.06. The van der Waals surface area contributed by atoms with E-state index in [1.165, 1.54) is 36.7 Å². The van der Waals surface area contributed by atoms with Crippen molar-refractivity contribution in [3.05, 3.63) is 53.1 Å². The van der Waals surface area contributed by atoms with E-state index in [1.54, 1.807) is 31.4 Å². The van der Waals surface area contributed by atoms with Gasteiger partial charge in [0.05, 0.1) is 24.1 Å². The standard InChI is InChI=1S/C18H20ClNO6S/c1-20(11-13-4-6-14(24-2)7-5-13)27(22,23)15-8-9-17(16(19)10-15)26-12-18(21)25-3/h4-10H,11-12H2,1-3H3. The first-order chi connectivity index (χ1) is 12.8. The molecule has 0 spiro atoms. The molecular formula is C18H20ClNO6S. The van der Waals surface area contributed by atoms with Gasteiger partial charge in [-0.05, 0) is 35.9 Å². The van der Waals surface area contributed by atoms with Gasteiger partial charge in [0.25, 0.3) is 0 Å². The lowest BCUT2D eigenvalue weighted by molar-refractivity contribution is -0.142. The van der Waals surface area contributed by atoms with Gasteiger partial charge in [-0.1, -0.05) is 23.7 Å². The highest BCUT2D eigenvalue weighted by molar-refractivity contribution is 7.89. The van der Waals surface area contributed by atoms with E-state index in [0.29, 0.717) is 5.75 Å². The lowest BCUT2D eigenvalue weighted by Gasteiger charge is -2.18. The van der Waals surface area contributed by atoms with Crippen LogP contribution in [-0.4, -0.2) is 46.6 Å². The molecule has 2 aromatic carbocycles. The monoisotopic (exact) mass is 413 g/mol. The Balaban J connectivity index is 2.14. The summed E-state index contributed by atoms with van der Waals surface area (Å²) < 4.78 is 41.5. The van der Waals surface area contributed by atoms with Crippen LogP contribution in [0.2, 0.25) is 5.02 Å². The molecule has 2 aromatic rings. The van der Waals surface area contributed by atoms with Gasteiger partial charge in [-0.25, -0.2) is 13.2 Å². The fourth-order valence-corrected chi connectivity index (χ4v) is 3.69. The van der Waals surface area contributed by atoms with Crippen LogP contribution in [0.15, 0.2) is 47.4 Å². The number of halogens is 1. The number of methoxy groups -OCH3 is 2. The number of ether oxygens (including phenoxy) is 3. The summed E-state index contributed by atoms with van der Waals surface area (Å²) >= 11 is 6.09. The van der Waals surface area contributed by atoms with Crippen LogP contribution in [0.5, 0.6) is 11.5 Å². The molecule has 7 nitrogen and oxygen atoms in total. The molecule has 9 heteroatoms.